The fourth-order valence-corrected chi connectivity index (χ4v) is 11.3. The van der Waals surface area contributed by atoms with Crippen LogP contribution in [0.5, 0.6) is 11.5 Å². The minimum atomic E-state index is -0.110. The van der Waals surface area contributed by atoms with Crippen molar-refractivity contribution in [1.29, 1.82) is 0 Å². The van der Waals surface area contributed by atoms with Crippen LogP contribution in [-0.2, 0) is 42.7 Å². The maximum absolute atomic E-state index is 7.02. The number of aromatic nitrogens is 2. The van der Waals surface area contributed by atoms with Crippen LogP contribution < -0.4 is 25.5 Å². The number of hydrogen-bond acceptors (Lipinski definition) is 4. The van der Waals surface area contributed by atoms with Crippen molar-refractivity contribution in [3.05, 3.63) is 187 Å². The second-order valence-corrected chi connectivity index (χ2v) is 26.0. The van der Waals surface area contributed by atoms with Gasteiger partial charge in [-0.1, -0.05) is 198 Å². The van der Waals surface area contributed by atoms with Crippen molar-refractivity contribution in [3.8, 4) is 39.6 Å². The van der Waals surface area contributed by atoms with Crippen molar-refractivity contribution in [2.24, 2.45) is 0 Å². The van der Waals surface area contributed by atoms with E-state index in [0.29, 0.717) is 11.5 Å². The minimum Gasteiger partial charge on any atom is -0.509 e. The summed E-state index contributed by atoms with van der Waals surface area (Å²) in [5, 5.41) is 2.47. The second kappa shape index (κ2) is 18.4. The first-order valence-corrected chi connectivity index (χ1v) is 26.5. The Morgan fingerprint density at radius 3 is 1.71 bits per heavy atom. The maximum Gasteiger partial charge on any atom is 0.189 e. The van der Waals surface area contributed by atoms with Crippen molar-refractivity contribution in [2.75, 3.05) is 9.80 Å². The number of para-hydroxylation sites is 2. The number of fused-ring (bicyclic) bond motifs is 1. The van der Waals surface area contributed by atoms with Gasteiger partial charge < -0.3 is 19.1 Å². The Labute approximate surface area is 461 Å². The zero-order valence-corrected chi connectivity index (χ0v) is 48.8. The number of nitrogens with zero attached hydrogens (tertiary/aromatic N) is 4. The Kier molecular flexibility index (Phi) is 12.8. The number of benzene rings is 7. The van der Waals surface area contributed by atoms with Crippen LogP contribution in [-0.4, -0.2) is 16.3 Å². The summed E-state index contributed by atoms with van der Waals surface area (Å²) >= 11 is 0. The SMILES string of the molecule is CC(C)(C)B1c2cc(Oc3[c-]c(N4[CH-]N(c5c(-c6ccccc6)cc(C(C)(C)C)cc5-c5cc(C(C)(C)C)cc(C(C)(C)C)c5)c5ccccc54)ccc3)[c-]c3c2c2c1cccc2n3-c1cc(C(C)(C)C)ccn1.[Pt]. The summed E-state index contributed by atoms with van der Waals surface area (Å²) in [7, 11) is 0. The molecule has 7 heteroatoms. The van der Waals surface area contributed by atoms with Crippen LogP contribution in [0, 0.1) is 18.8 Å². The number of anilines is 4. The summed E-state index contributed by atoms with van der Waals surface area (Å²) in [6.07, 6.45) is 1.94. The Hall–Kier alpha value is -6.36. The average Bonchev–Trinajstić information content (AvgIpc) is 4.09. The van der Waals surface area contributed by atoms with Crippen LogP contribution in [0.2, 0.25) is 5.31 Å². The van der Waals surface area contributed by atoms with Gasteiger partial charge in [0.05, 0.1) is 0 Å². The van der Waals surface area contributed by atoms with Gasteiger partial charge in [0.1, 0.15) is 5.82 Å². The van der Waals surface area contributed by atoms with Gasteiger partial charge in [0.15, 0.2) is 6.71 Å². The Balaban J connectivity index is 0.00000641. The summed E-state index contributed by atoms with van der Waals surface area (Å²) in [4.78, 5) is 9.67. The number of ether oxygens (including phenoxy) is 1. The molecule has 0 radical (unpaired) electrons. The number of rotatable bonds is 7. The third kappa shape index (κ3) is 9.34. The maximum atomic E-state index is 7.02. The third-order valence-corrected chi connectivity index (χ3v) is 15.3. The molecule has 0 amide bonds. The monoisotopic (exact) mass is 1160 g/mol. The van der Waals surface area contributed by atoms with Gasteiger partial charge in [-0.25, -0.2) is 4.98 Å². The predicted molar refractivity (Wildman–Crippen MR) is 315 cm³/mol. The van der Waals surface area contributed by atoms with E-state index in [0.717, 1.165) is 39.6 Å². The standard InChI is InChI=1S/C68H70BN4O.Pt/c1-64(2,3)45-31-32-70-60(38-45)73-58-30-22-27-54-61(58)62-55(69(54)68(13,14)15)40-51(41-59(62)73)74-50-26-21-25-49(39-50)71-42-72(57-29-20-19-28-56(57)71)63-52(43-23-17-16-18-24-43)36-48(67(10,11)12)37-53(63)44-33-46(65(4,5)6)35-47(34-44)66(7,8)9;/h16-38,40,42H,1-15H3;/q-3;. The van der Waals surface area contributed by atoms with Crippen molar-refractivity contribution < 1.29 is 25.8 Å². The van der Waals surface area contributed by atoms with E-state index < -0.39 is 0 Å². The van der Waals surface area contributed by atoms with Crippen LogP contribution in [0.1, 0.15) is 126 Å². The van der Waals surface area contributed by atoms with E-state index in [1.54, 1.807) is 0 Å². The quantitative estimate of drug-likeness (QED) is 0.118. The van der Waals surface area contributed by atoms with Gasteiger partial charge in [0.25, 0.3) is 0 Å². The number of hydrogen-bond donors (Lipinski definition) is 0. The summed E-state index contributed by atoms with van der Waals surface area (Å²) in [6, 6.07) is 58.9. The predicted octanol–water partition coefficient (Wildman–Crippen LogP) is 17.2. The fraction of sp³-hybridized carbons (Fsp3) is 0.294. The molecule has 5 nitrogen and oxygen atoms in total. The normalized spacial score (nSPS) is 13.8. The topological polar surface area (TPSA) is 33.5 Å². The molecule has 2 aromatic heterocycles. The second-order valence-electron chi connectivity index (χ2n) is 26.0. The Morgan fingerprint density at radius 1 is 0.493 bits per heavy atom. The molecule has 384 valence electrons. The largest absolute Gasteiger partial charge is 0.509 e. The van der Waals surface area contributed by atoms with Gasteiger partial charge >= 0.3 is 0 Å². The first-order chi connectivity index (χ1) is 34.8. The van der Waals surface area contributed by atoms with Gasteiger partial charge in [-0.3, -0.25) is 0 Å². The van der Waals surface area contributed by atoms with E-state index in [1.165, 1.54) is 66.2 Å². The summed E-state index contributed by atoms with van der Waals surface area (Å²) < 4.78 is 9.31. The first-order valence-electron chi connectivity index (χ1n) is 26.5. The molecule has 2 aliphatic heterocycles. The number of pyridine rings is 1. The van der Waals surface area contributed by atoms with Gasteiger partial charge in [0, 0.05) is 72.5 Å². The molecule has 0 N–H and O–H groups in total. The van der Waals surface area contributed by atoms with Crippen LogP contribution in [0.15, 0.2) is 146 Å². The molecule has 0 spiro atoms. The zero-order chi connectivity index (χ0) is 52.4. The molecule has 0 aliphatic carbocycles. The summed E-state index contributed by atoms with van der Waals surface area (Å²) in [5.41, 5.74) is 18.5. The summed E-state index contributed by atoms with van der Waals surface area (Å²) in [5.74, 6) is 2.15. The first kappa shape index (κ1) is 52.1. The molecule has 0 fully saturated rings. The van der Waals surface area contributed by atoms with E-state index in [-0.39, 0.29) is 54.8 Å². The molecule has 75 heavy (non-hydrogen) atoms. The molecule has 0 atom stereocenters. The molecular formula is C68H70BN4OPt-3. The molecule has 0 unspecified atom stereocenters. The van der Waals surface area contributed by atoms with Gasteiger partial charge in [-0.05, 0) is 97.5 Å². The van der Waals surface area contributed by atoms with E-state index in [2.05, 4.69) is 270 Å². The van der Waals surface area contributed by atoms with Crippen LogP contribution in [0.25, 0.3) is 49.9 Å². The van der Waals surface area contributed by atoms with Crippen molar-refractivity contribution >= 4 is 62.2 Å². The molecule has 7 aromatic carbocycles. The van der Waals surface area contributed by atoms with Gasteiger partial charge in [-0.15, -0.1) is 48.1 Å². The Morgan fingerprint density at radius 2 is 1.08 bits per heavy atom. The molecule has 2 aliphatic rings. The van der Waals surface area contributed by atoms with E-state index in [4.69, 9.17) is 9.72 Å². The minimum absolute atomic E-state index is 0. The van der Waals surface area contributed by atoms with Crippen LogP contribution in [0.3, 0.4) is 0 Å². The molecular weight excluding hydrogens is 1090 g/mol. The Bertz CT molecular complexity index is 3640. The van der Waals surface area contributed by atoms with Crippen molar-refractivity contribution in [3.63, 3.8) is 0 Å². The summed E-state index contributed by atoms with van der Waals surface area (Å²) in [6.45, 7) is 37.1. The molecule has 4 heterocycles. The van der Waals surface area contributed by atoms with Crippen molar-refractivity contribution in [1.82, 2.24) is 9.55 Å². The zero-order valence-electron chi connectivity index (χ0n) is 46.5. The molecule has 11 rings (SSSR count). The third-order valence-electron chi connectivity index (χ3n) is 15.3. The van der Waals surface area contributed by atoms with E-state index >= 15 is 0 Å². The van der Waals surface area contributed by atoms with Crippen LogP contribution >= 0.6 is 0 Å². The molecule has 0 bridgehead atoms. The van der Waals surface area contributed by atoms with Gasteiger partial charge in [-0.2, -0.15) is 11.5 Å². The fourth-order valence-electron chi connectivity index (χ4n) is 11.3. The van der Waals surface area contributed by atoms with Crippen LogP contribution in [0.4, 0.5) is 22.7 Å². The van der Waals surface area contributed by atoms with E-state index in [1.807, 2.05) is 12.3 Å². The smallest absolute Gasteiger partial charge is 0.189 e. The van der Waals surface area contributed by atoms with Crippen molar-refractivity contribution in [2.45, 2.75) is 131 Å². The van der Waals surface area contributed by atoms with E-state index in [9.17, 15) is 0 Å². The molecule has 0 saturated carbocycles. The molecule has 0 saturated heterocycles. The average molecular weight is 1170 g/mol. The molecule has 9 aromatic rings. The van der Waals surface area contributed by atoms with Gasteiger partial charge in [0.2, 0.25) is 0 Å².